The Morgan fingerprint density at radius 3 is 2.50 bits per heavy atom. The van der Waals surface area contributed by atoms with Crippen molar-refractivity contribution in [2.75, 3.05) is 6.54 Å². The van der Waals surface area contributed by atoms with Crippen molar-refractivity contribution in [3.63, 3.8) is 0 Å². The molecule has 1 aliphatic rings. The van der Waals surface area contributed by atoms with E-state index < -0.39 is 0 Å². The quantitative estimate of drug-likeness (QED) is 0.275. The predicted octanol–water partition coefficient (Wildman–Crippen LogP) is 3.09. The van der Waals surface area contributed by atoms with Crippen molar-refractivity contribution >= 4 is 18.7 Å². The lowest BCUT2D eigenvalue weighted by Crippen LogP contribution is -2.41. The molecule has 1 aromatic rings. The SMILES string of the molecule is CC1(C)OB(c2ccc(C=CCCN=[N+]=[N-])nc2)OC1(C)C. The van der Waals surface area contributed by atoms with Gasteiger partial charge in [0.05, 0.1) is 16.9 Å². The standard InChI is InChI=1S/C15H21BN4O2/c1-14(2)15(3,4)22-16(21-14)12-8-9-13(18-11-12)7-5-6-10-19-20-17/h5,7-9,11H,6,10H2,1-4H3. The van der Waals surface area contributed by atoms with Crippen LogP contribution in [0.5, 0.6) is 0 Å². The number of hydrogen-bond donors (Lipinski definition) is 0. The third-order valence-electron chi connectivity index (χ3n) is 4.08. The zero-order chi connectivity index (χ0) is 16.2. The van der Waals surface area contributed by atoms with Crippen LogP contribution in [0.3, 0.4) is 0 Å². The highest BCUT2D eigenvalue weighted by molar-refractivity contribution is 6.62. The van der Waals surface area contributed by atoms with Crippen LogP contribution in [-0.4, -0.2) is 29.8 Å². The summed E-state index contributed by atoms with van der Waals surface area (Å²) < 4.78 is 12.0. The predicted molar refractivity (Wildman–Crippen MR) is 87.6 cm³/mol. The first-order valence-corrected chi connectivity index (χ1v) is 7.35. The van der Waals surface area contributed by atoms with E-state index in [9.17, 15) is 0 Å². The Balaban J connectivity index is 2.00. The van der Waals surface area contributed by atoms with Gasteiger partial charge in [-0.2, -0.15) is 0 Å². The summed E-state index contributed by atoms with van der Waals surface area (Å²) in [5, 5.41) is 3.47. The zero-order valence-electron chi connectivity index (χ0n) is 13.5. The summed E-state index contributed by atoms with van der Waals surface area (Å²) in [6.45, 7) is 8.57. The fourth-order valence-corrected chi connectivity index (χ4v) is 2.01. The molecule has 1 fully saturated rings. The lowest BCUT2D eigenvalue weighted by Gasteiger charge is -2.32. The van der Waals surface area contributed by atoms with Crippen LogP contribution in [0.1, 0.15) is 39.8 Å². The Kier molecular flexibility index (Phi) is 4.91. The van der Waals surface area contributed by atoms with E-state index >= 15 is 0 Å². The molecule has 0 bridgehead atoms. The van der Waals surface area contributed by atoms with E-state index in [0.29, 0.717) is 13.0 Å². The van der Waals surface area contributed by atoms with Gasteiger partial charge in [0.15, 0.2) is 0 Å². The summed E-state index contributed by atoms with van der Waals surface area (Å²) in [4.78, 5) is 7.09. The van der Waals surface area contributed by atoms with Gasteiger partial charge >= 0.3 is 7.12 Å². The van der Waals surface area contributed by atoms with E-state index in [1.54, 1.807) is 6.20 Å². The summed E-state index contributed by atoms with van der Waals surface area (Å²) in [6.07, 6.45) is 6.31. The first-order chi connectivity index (χ1) is 10.4. The van der Waals surface area contributed by atoms with Crippen molar-refractivity contribution in [2.45, 2.75) is 45.3 Å². The smallest absolute Gasteiger partial charge is 0.399 e. The topological polar surface area (TPSA) is 80.1 Å². The summed E-state index contributed by atoms with van der Waals surface area (Å²) in [7, 11) is -0.388. The molecule has 0 saturated carbocycles. The van der Waals surface area contributed by atoms with Crippen LogP contribution in [0.4, 0.5) is 0 Å². The third kappa shape index (κ3) is 3.68. The normalized spacial score (nSPS) is 19.4. The van der Waals surface area contributed by atoms with E-state index in [0.717, 1.165) is 11.2 Å². The number of rotatable bonds is 5. The first kappa shape index (κ1) is 16.6. The highest BCUT2D eigenvalue weighted by atomic mass is 16.7. The number of pyridine rings is 1. The van der Waals surface area contributed by atoms with Crippen molar-refractivity contribution in [3.8, 4) is 0 Å². The molecule has 22 heavy (non-hydrogen) atoms. The minimum Gasteiger partial charge on any atom is -0.399 e. The molecule has 0 unspecified atom stereocenters. The maximum absolute atomic E-state index is 8.19. The molecule has 1 aromatic heterocycles. The molecule has 1 saturated heterocycles. The van der Waals surface area contributed by atoms with Gasteiger partial charge in [0.2, 0.25) is 0 Å². The molecule has 0 aromatic carbocycles. The van der Waals surface area contributed by atoms with E-state index in [2.05, 4.69) is 15.0 Å². The average Bonchev–Trinajstić information content (AvgIpc) is 2.68. The Morgan fingerprint density at radius 1 is 1.27 bits per heavy atom. The first-order valence-electron chi connectivity index (χ1n) is 7.35. The minimum absolute atomic E-state index is 0.350. The Morgan fingerprint density at radius 2 is 1.95 bits per heavy atom. The van der Waals surface area contributed by atoms with Gasteiger partial charge in [0.25, 0.3) is 0 Å². The van der Waals surface area contributed by atoms with E-state index in [1.807, 2.05) is 52.0 Å². The molecule has 0 radical (unpaired) electrons. The highest BCUT2D eigenvalue weighted by Gasteiger charge is 2.51. The maximum atomic E-state index is 8.19. The summed E-state index contributed by atoms with van der Waals surface area (Å²) in [5.74, 6) is 0. The molecular weight excluding hydrogens is 279 g/mol. The van der Waals surface area contributed by atoms with Crippen molar-refractivity contribution in [1.82, 2.24) is 4.98 Å². The second-order valence-corrected chi connectivity index (χ2v) is 6.25. The average molecular weight is 300 g/mol. The van der Waals surface area contributed by atoms with Crippen LogP contribution < -0.4 is 5.46 Å². The van der Waals surface area contributed by atoms with Crippen LogP contribution in [0.15, 0.2) is 29.5 Å². The molecule has 0 atom stereocenters. The Bertz CT molecular complexity index is 576. The van der Waals surface area contributed by atoms with Gasteiger partial charge in [-0.1, -0.05) is 17.3 Å². The zero-order valence-corrected chi connectivity index (χ0v) is 13.5. The molecule has 2 rings (SSSR count). The third-order valence-corrected chi connectivity index (χ3v) is 4.08. The Labute approximate surface area is 131 Å². The maximum Gasteiger partial charge on any atom is 0.496 e. The number of hydrogen-bond acceptors (Lipinski definition) is 4. The Hall–Kier alpha value is -1.82. The molecule has 116 valence electrons. The van der Waals surface area contributed by atoms with E-state index in [-0.39, 0.29) is 18.3 Å². The number of azide groups is 1. The number of nitrogens with zero attached hydrogens (tertiary/aromatic N) is 4. The lowest BCUT2D eigenvalue weighted by molar-refractivity contribution is 0.00578. The molecular formula is C15H21BN4O2. The van der Waals surface area contributed by atoms with Crippen LogP contribution >= 0.6 is 0 Å². The van der Waals surface area contributed by atoms with Gasteiger partial charge in [0.1, 0.15) is 0 Å². The second kappa shape index (κ2) is 6.52. The van der Waals surface area contributed by atoms with Crippen molar-refractivity contribution in [1.29, 1.82) is 0 Å². The van der Waals surface area contributed by atoms with Gasteiger partial charge in [-0.15, -0.1) is 0 Å². The van der Waals surface area contributed by atoms with Crippen molar-refractivity contribution in [2.24, 2.45) is 5.11 Å². The van der Waals surface area contributed by atoms with Gasteiger partial charge < -0.3 is 9.31 Å². The number of aromatic nitrogens is 1. The molecule has 7 heteroatoms. The fourth-order valence-electron chi connectivity index (χ4n) is 2.01. The molecule has 6 nitrogen and oxygen atoms in total. The fraction of sp³-hybridized carbons (Fsp3) is 0.533. The van der Waals surface area contributed by atoms with E-state index in [4.69, 9.17) is 14.8 Å². The molecule has 0 amide bonds. The summed E-state index contributed by atoms with van der Waals surface area (Å²) >= 11 is 0. The molecule has 2 heterocycles. The van der Waals surface area contributed by atoms with Gasteiger partial charge in [0, 0.05) is 23.1 Å². The van der Waals surface area contributed by atoms with Crippen LogP contribution in [-0.2, 0) is 9.31 Å². The molecule has 0 N–H and O–H groups in total. The van der Waals surface area contributed by atoms with Crippen molar-refractivity contribution in [3.05, 3.63) is 40.5 Å². The summed E-state index contributed by atoms with van der Waals surface area (Å²) in [5.41, 5.74) is 9.25. The van der Waals surface area contributed by atoms with Gasteiger partial charge in [-0.25, -0.2) is 0 Å². The molecule has 0 spiro atoms. The van der Waals surface area contributed by atoms with Gasteiger partial charge in [-0.05, 0) is 51.8 Å². The van der Waals surface area contributed by atoms with E-state index in [1.165, 1.54) is 0 Å². The van der Waals surface area contributed by atoms with Crippen LogP contribution in [0, 0.1) is 0 Å². The summed E-state index contributed by atoms with van der Waals surface area (Å²) in [6, 6.07) is 3.88. The van der Waals surface area contributed by atoms with Crippen LogP contribution in [0.25, 0.3) is 16.5 Å². The van der Waals surface area contributed by atoms with Gasteiger partial charge in [-0.3, -0.25) is 4.98 Å². The second-order valence-electron chi connectivity index (χ2n) is 6.25. The molecule has 0 aliphatic carbocycles. The largest absolute Gasteiger partial charge is 0.496 e. The highest BCUT2D eigenvalue weighted by Crippen LogP contribution is 2.36. The van der Waals surface area contributed by atoms with Crippen LogP contribution in [0.2, 0.25) is 0 Å². The lowest BCUT2D eigenvalue weighted by atomic mass is 9.80. The molecule has 1 aliphatic heterocycles. The monoisotopic (exact) mass is 300 g/mol. The minimum atomic E-state index is -0.388. The van der Waals surface area contributed by atoms with Crippen molar-refractivity contribution < 1.29 is 9.31 Å².